The minimum atomic E-state index is -1.45. The highest BCUT2D eigenvalue weighted by Crippen LogP contribution is 2.24. The largest absolute Gasteiger partial charge is 0.548 e. The Morgan fingerprint density at radius 2 is 1.62 bits per heavy atom. The van der Waals surface area contributed by atoms with Crippen LogP contribution < -0.4 is 10.4 Å². The summed E-state index contributed by atoms with van der Waals surface area (Å²) in [6.45, 7) is 10.3. The van der Waals surface area contributed by atoms with Gasteiger partial charge >= 0.3 is 12.2 Å². The molecule has 0 aliphatic heterocycles. The van der Waals surface area contributed by atoms with Gasteiger partial charge in [-0.25, -0.2) is 9.59 Å². The van der Waals surface area contributed by atoms with E-state index in [1.165, 1.54) is 10.8 Å². The fourth-order valence-electron chi connectivity index (χ4n) is 2.74. The Morgan fingerprint density at radius 3 is 2.17 bits per heavy atom. The molecule has 0 spiro atoms. The number of aromatic nitrogens is 1. The molecule has 1 N–H and O–H groups in total. The quantitative estimate of drug-likeness (QED) is 0.840. The van der Waals surface area contributed by atoms with E-state index in [2.05, 4.69) is 5.32 Å². The fourth-order valence-corrected chi connectivity index (χ4v) is 2.74. The first-order valence-corrected chi connectivity index (χ1v) is 9.29. The highest BCUT2D eigenvalue weighted by molar-refractivity contribution is 5.92. The van der Waals surface area contributed by atoms with Crippen molar-refractivity contribution in [2.24, 2.45) is 0 Å². The lowest BCUT2D eigenvalue weighted by Crippen LogP contribution is -2.50. The van der Waals surface area contributed by atoms with Crippen LogP contribution in [-0.2, 0) is 20.7 Å². The summed E-state index contributed by atoms with van der Waals surface area (Å²) in [4.78, 5) is 36.1. The topological polar surface area (TPSA) is 110 Å². The van der Waals surface area contributed by atoms with Crippen LogP contribution in [-0.4, -0.2) is 40.0 Å². The number of para-hydroxylation sites is 1. The summed E-state index contributed by atoms with van der Waals surface area (Å²) in [7, 11) is 0. The number of aliphatic carboxylic acids is 1. The zero-order valence-corrected chi connectivity index (χ0v) is 17.6. The molecule has 1 aromatic carbocycles. The molecule has 8 nitrogen and oxygen atoms in total. The Balaban J connectivity index is 2.33. The first kappa shape index (κ1) is 22.3. The van der Waals surface area contributed by atoms with Crippen molar-refractivity contribution in [3.63, 3.8) is 0 Å². The second-order valence-electron chi connectivity index (χ2n) is 8.74. The van der Waals surface area contributed by atoms with E-state index in [0.717, 1.165) is 0 Å². The van der Waals surface area contributed by atoms with Gasteiger partial charge in [-0.2, -0.15) is 0 Å². The van der Waals surface area contributed by atoms with Crippen LogP contribution in [0.2, 0.25) is 0 Å². The molecule has 1 amide bonds. The van der Waals surface area contributed by atoms with E-state index in [-0.39, 0.29) is 6.42 Å². The number of alkyl carbamates (subject to hydrolysis) is 1. The predicted molar refractivity (Wildman–Crippen MR) is 105 cm³/mol. The molecule has 2 rings (SSSR count). The number of carbonyl (C=O) groups is 3. The van der Waals surface area contributed by atoms with Crippen LogP contribution >= 0.6 is 0 Å². The van der Waals surface area contributed by atoms with Gasteiger partial charge in [-0.3, -0.25) is 4.57 Å². The van der Waals surface area contributed by atoms with Crippen LogP contribution in [0, 0.1) is 0 Å². The van der Waals surface area contributed by atoms with Crippen molar-refractivity contribution in [1.82, 2.24) is 9.88 Å². The van der Waals surface area contributed by atoms with Crippen LogP contribution in [0.15, 0.2) is 30.5 Å². The van der Waals surface area contributed by atoms with E-state index in [4.69, 9.17) is 9.47 Å². The Morgan fingerprint density at radius 1 is 1.03 bits per heavy atom. The molecule has 0 aliphatic carbocycles. The summed E-state index contributed by atoms with van der Waals surface area (Å²) in [6.07, 6.45) is -0.00351. The Kier molecular flexibility index (Phi) is 6.25. The number of nitrogens with one attached hydrogen (secondary N) is 1. The van der Waals surface area contributed by atoms with E-state index in [1.54, 1.807) is 65.8 Å². The van der Waals surface area contributed by atoms with Gasteiger partial charge in [-0.05, 0) is 53.2 Å². The Hall–Kier alpha value is -3.03. The van der Waals surface area contributed by atoms with Gasteiger partial charge in [0.25, 0.3) is 0 Å². The van der Waals surface area contributed by atoms with Crippen LogP contribution in [0.1, 0.15) is 47.1 Å². The second kappa shape index (κ2) is 8.14. The fraction of sp³-hybridized carbons (Fsp3) is 0.476. The summed E-state index contributed by atoms with van der Waals surface area (Å²) in [5, 5.41) is 14.6. The standard InChI is InChI=1S/C21H28N2O6/c1-20(2,3)28-18(26)22-15(17(24)25)11-13-12-23(19(27)29-21(4,5)6)16-10-8-7-9-14(13)16/h7-10,12,15H,11H2,1-6H3,(H,22,26)(H,24,25)/p-1/t15-/m0/s1. The highest BCUT2D eigenvalue weighted by Gasteiger charge is 2.24. The molecule has 0 saturated heterocycles. The smallest absolute Gasteiger partial charge is 0.419 e. The van der Waals surface area contributed by atoms with Crippen molar-refractivity contribution in [3.05, 3.63) is 36.0 Å². The third-order valence-corrected chi connectivity index (χ3v) is 3.78. The van der Waals surface area contributed by atoms with Crippen LogP contribution in [0.3, 0.4) is 0 Å². The van der Waals surface area contributed by atoms with Gasteiger partial charge in [0.2, 0.25) is 0 Å². The third-order valence-electron chi connectivity index (χ3n) is 3.78. The van der Waals surface area contributed by atoms with Crippen molar-refractivity contribution < 1.29 is 29.0 Å². The summed E-state index contributed by atoms with van der Waals surface area (Å²) in [5.74, 6) is -1.45. The number of hydrogen-bond donors (Lipinski definition) is 1. The molecule has 0 saturated carbocycles. The van der Waals surface area contributed by atoms with Gasteiger partial charge < -0.3 is 24.7 Å². The number of fused-ring (bicyclic) bond motifs is 1. The van der Waals surface area contributed by atoms with Crippen LogP contribution in [0.4, 0.5) is 9.59 Å². The maximum atomic E-state index is 12.6. The molecule has 2 aromatic rings. The number of nitrogens with zero attached hydrogens (tertiary/aromatic N) is 1. The maximum Gasteiger partial charge on any atom is 0.419 e. The molecule has 8 heteroatoms. The van der Waals surface area contributed by atoms with Crippen molar-refractivity contribution >= 4 is 29.1 Å². The number of carbonyl (C=O) groups excluding carboxylic acids is 3. The number of carboxylic acid groups (broad SMARTS) is 1. The molecular formula is C21H27N2O6-. The summed E-state index contributed by atoms with van der Waals surface area (Å²) in [6, 6.07) is 5.72. The van der Waals surface area contributed by atoms with Crippen LogP contribution in [0.5, 0.6) is 0 Å². The lowest BCUT2D eigenvalue weighted by atomic mass is 10.1. The summed E-state index contributed by atoms with van der Waals surface area (Å²) >= 11 is 0. The van der Waals surface area contributed by atoms with Gasteiger partial charge in [0.15, 0.2) is 0 Å². The predicted octanol–water partition coefficient (Wildman–Crippen LogP) is 2.61. The molecule has 1 atom stereocenters. The van der Waals surface area contributed by atoms with Crippen molar-refractivity contribution in [1.29, 1.82) is 0 Å². The van der Waals surface area contributed by atoms with Gasteiger partial charge in [-0.1, -0.05) is 18.2 Å². The van der Waals surface area contributed by atoms with E-state index in [1.807, 2.05) is 0 Å². The van der Waals surface area contributed by atoms with E-state index in [9.17, 15) is 19.5 Å². The van der Waals surface area contributed by atoms with Crippen molar-refractivity contribution in [3.8, 4) is 0 Å². The molecule has 1 aromatic heterocycles. The summed E-state index contributed by atoms with van der Waals surface area (Å²) in [5.41, 5.74) is -0.329. The van der Waals surface area contributed by atoms with E-state index in [0.29, 0.717) is 16.5 Å². The summed E-state index contributed by atoms with van der Waals surface area (Å²) < 4.78 is 11.9. The third kappa shape index (κ3) is 6.23. The molecule has 1 heterocycles. The normalized spacial score (nSPS) is 13.0. The SMILES string of the molecule is CC(C)(C)OC(=O)N[C@@H](Cc1cn(C(=O)OC(C)(C)C)c2ccccc12)C(=O)[O-]. The van der Waals surface area contributed by atoms with Gasteiger partial charge in [0, 0.05) is 18.0 Å². The van der Waals surface area contributed by atoms with E-state index < -0.39 is 35.4 Å². The van der Waals surface area contributed by atoms with Crippen molar-refractivity contribution in [2.75, 3.05) is 0 Å². The lowest BCUT2D eigenvalue weighted by molar-refractivity contribution is -0.308. The average Bonchev–Trinajstić information content (AvgIpc) is 2.90. The molecule has 0 unspecified atom stereocenters. The maximum absolute atomic E-state index is 12.6. The number of ether oxygens (including phenoxy) is 2. The minimum Gasteiger partial charge on any atom is -0.548 e. The first-order chi connectivity index (χ1) is 13.3. The molecule has 0 radical (unpaired) electrons. The first-order valence-electron chi connectivity index (χ1n) is 9.29. The van der Waals surface area contributed by atoms with Gasteiger partial charge in [-0.15, -0.1) is 0 Å². The zero-order valence-electron chi connectivity index (χ0n) is 17.6. The molecule has 0 aliphatic rings. The molecule has 158 valence electrons. The Bertz CT molecular complexity index is 917. The monoisotopic (exact) mass is 403 g/mol. The number of hydrogen-bond acceptors (Lipinski definition) is 6. The average molecular weight is 403 g/mol. The minimum absolute atomic E-state index is 0.0854. The van der Waals surface area contributed by atoms with Crippen LogP contribution in [0.25, 0.3) is 10.9 Å². The van der Waals surface area contributed by atoms with Crippen molar-refractivity contribution in [2.45, 2.75) is 65.2 Å². The number of amides is 1. The number of benzene rings is 1. The molecule has 29 heavy (non-hydrogen) atoms. The molecular weight excluding hydrogens is 376 g/mol. The molecule has 0 fully saturated rings. The van der Waals surface area contributed by atoms with Gasteiger partial charge in [0.1, 0.15) is 11.2 Å². The van der Waals surface area contributed by atoms with E-state index >= 15 is 0 Å². The number of carboxylic acids is 1. The zero-order chi connectivity index (χ0) is 22.0. The lowest BCUT2D eigenvalue weighted by Gasteiger charge is -2.24. The van der Waals surface area contributed by atoms with Gasteiger partial charge in [0.05, 0.1) is 17.5 Å². The highest BCUT2D eigenvalue weighted by atomic mass is 16.6. The Labute approximate surface area is 169 Å². The number of rotatable bonds is 4. The second-order valence-corrected chi connectivity index (χ2v) is 8.74. The molecule has 0 bridgehead atoms.